The van der Waals surface area contributed by atoms with Crippen LogP contribution < -0.4 is 10.2 Å². The first-order chi connectivity index (χ1) is 9.58. The van der Waals surface area contributed by atoms with Gasteiger partial charge < -0.3 is 10.2 Å². The van der Waals surface area contributed by atoms with Crippen LogP contribution in [0.15, 0.2) is 18.2 Å². The third kappa shape index (κ3) is 4.31. The minimum absolute atomic E-state index is 0.580. The molecule has 0 bridgehead atoms. The van der Waals surface area contributed by atoms with Crippen LogP contribution in [0, 0.1) is 5.92 Å². The van der Waals surface area contributed by atoms with Gasteiger partial charge in [0, 0.05) is 41.3 Å². The summed E-state index contributed by atoms with van der Waals surface area (Å²) in [6, 6.07) is 6.87. The zero-order chi connectivity index (χ0) is 14.5. The maximum Gasteiger partial charge on any atom is 0.0429 e. The van der Waals surface area contributed by atoms with E-state index < -0.39 is 0 Å². The van der Waals surface area contributed by atoms with E-state index in [2.05, 4.69) is 43.1 Å². The van der Waals surface area contributed by atoms with Gasteiger partial charge in [0.05, 0.1) is 0 Å². The average molecular weight is 313 g/mol. The van der Waals surface area contributed by atoms with Crippen molar-refractivity contribution in [2.24, 2.45) is 5.92 Å². The summed E-state index contributed by atoms with van der Waals surface area (Å²) in [4.78, 5) is 2.51. The van der Waals surface area contributed by atoms with Crippen molar-refractivity contribution >= 4 is 29.1 Å². The van der Waals surface area contributed by atoms with Crippen molar-refractivity contribution in [3.05, 3.63) is 28.8 Å². The normalized spacial score (nSPS) is 19.6. The summed E-state index contributed by atoms with van der Waals surface area (Å²) >= 11 is 8.26. The molecule has 1 aromatic carbocycles. The Balaban J connectivity index is 2.14. The van der Waals surface area contributed by atoms with Crippen LogP contribution in [-0.4, -0.2) is 30.6 Å². The lowest BCUT2D eigenvalue weighted by Crippen LogP contribution is -2.41. The van der Waals surface area contributed by atoms with E-state index in [0.717, 1.165) is 24.7 Å². The number of nitrogens with zero attached hydrogens (tertiary/aromatic N) is 1. The van der Waals surface area contributed by atoms with Crippen LogP contribution in [0.4, 0.5) is 5.69 Å². The Hall–Kier alpha value is -0.380. The highest BCUT2D eigenvalue weighted by Gasteiger charge is 2.21. The van der Waals surface area contributed by atoms with Crippen LogP contribution >= 0.6 is 23.4 Å². The number of hydrogen-bond acceptors (Lipinski definition) is 3. The molecule has 1 aliphatic rings. The Labute approximate surface area is 132 Å². The molecule has 1 atom stereocenters. The van der Waals surface area contributed by atoms with Crippen molar-refractivity contribution in [2.75, 3.05) is 29.5 Å². The fourth-order valence-electron chi connectivity index (χ4n) is 2.53. The zero-order valence-electron chi connectivity index (χ0n) is 12.7. The second-order valence-electron chi connectivity index (χ2n) is 5.92. The maximum absolute atomic E-state index is 6.22. The highest BCUT2D eigenvalue weighted by molar-refractivity contribution is 7.99. The van der Waals surface area contributed by atoms with Crippen LogP contribution in [0.3, 0.4) is 0 Å². The number of halogens is 1. The summed E-state index contributed by atoms with van der Waals surface area (Å²) < 4.78 is 0. The molecule has 0 aromatic heterocycles. The SMILES string of the molecule is CC(C)CNCc1ccc(Cl)cc1N1CCSCC1C. The standard InChI is InChI=1S/C16H25ClN2S/c1-12(2)9-18-10-14-4-5-15(17)8-16(14)19-6-7-20-11-13(19)3/h4-5,8,12-13,18H,6-7,9-11H2,1-3H3. The summed E-state index contributed by atoms with van der Waals surface area (Å²) in [5, 5.41) is 4.37. The average Bonchev–Trinajstić information content (AvgIpc) is 2.41. The second-order valence-corrected chi connectivity index (χ2v) is 7.50. The fourth-order valence-corrected chi connectivity index (χ4v) is 3.71. The summed E-state index contributed by atoms with van der Waals surface area (Å²) in [5.74, 6) is 3.08. The molecule has 1 aliphatic heterocycles. The molecule has 1 N–H and O–H groups in total. The molecule has 4 heteroatoms. The maximum atomic E-state index is 6.22. The molecule has 0 saturated carbocycles. The van der Waals surface area contributed by atoms with Crippen LogP contribution in [0.5, 0.6) is 0 Å². The van der Waals surface area contributed by atoms with E-state index in [0.29, 0.717) is 12.0 Å². The highest BCUT2D eigenvalue weighted by atomic mass is 35.5. The van der Waals surface area contributed by atoms with Gasteiger partial charge >= 0.3 is 0 Å². The third-order valence-corrected chi connectivity index (χ3v) is 5.02. The Morgan fingerprint density at radius 3 is 2.95 bits per heavy atom. The number of rotatable bonds is 5. The number of thioether (sulfide) groups is 1. The molecular weight excluding hydrogens is 288 g/mol. The molecule has 1 saturated heterocycles. The molecule has 1 aromatic rings. The molecule has 2 nitrogen and oxygen atoms in total. The predicted molar refractivity (Wildman–Crippen MR) is 92.1 cm³/mol. The Morgan fingerprint density at radius 2 is 2.25 bits per heavy atom. The van der Waals surface area contributed by atoms with Gasteiger partial charge in [0.1, 0.15) is 0 Å². The van der Waals surface area contributed by atoms with Crippen molar-refractivity contribution in [3.8, 4) is 0 Å². The van der Waals surface area contributed by atoms with Gasteiger partial charge in [-0.1, -0.05) is 31.5 Å². The minimum atomic E-state index is 0.580. The first-order valence-electron chi connectivity index (χ1n) is 7.41. The zero-order valence-corrected chi connectivity index (χ0v) is 14.2. The minimum Gasteiger partial charge on any atom is -0.367 e. The molecule has 0 spiro atoms. The van der Waals surface area contributed by atoms with E-state index in [-0.39, 0.29) is 0 Å². The fraction of sp³-hybridized carbons (Fsp3) is 0.625. The summed E-state index contributed by atoms with van der Waals surface area (Å²) in [7, 11) is 0. The van der Waals surface area contributed by atoms with E-state index in [1.807, 2.05) is 17.8 Å². The van der Waals surface area contributed by atoms with Gasteiger partial charge in [-0.3, -0.25) is 0 Å². The third-order valence-electron chi connectivity index (χ3n) is 3.59. The number of hydrogen-bond donors (Lipinski definition) is 1. The first kappa shape index (κ1) is 16.0. The Kier molecular flexibility index (Phi) is 6.06. The van der Waals surface area contributed by atoms with Crippen molar-refractivity contribution in [1.82, 2.24) is 5.32 Å². The lowest BCUT2D eigenvalue weighted by Gasteiger charge is -2.36. The molecule has 1 unspecified atom stereocenters. The van der Waals surface area contributed by atoms with Gasteiger partial charge in [-0.05, 0) is 37.1 Å². The van der Waals surface area contributed by atoms with E-state index in [1.165, 1.54) is 22.8 Å². The van der Waals surface area contributed by atoms with Crippen LogP contribution in [0.2, 0.25) is 5.02 Å². The molecule has 0 amide bonds. The van der Waals surface area contributed by atoms with Gasteiger partial charge in [-0.25, -0.2) is 0 Å². The van der Waals surface area contributed by atoms with E-state index in [9.17, 15) is 0 Å². The molecule has 1 fully saturated rings. The smallest absolute Gasteiger partial charge is 0.0429 e. The Morgan fingerprint density at radius 1 is 1.45 bits per heavy atom. The summed E-state index contributed by atoms with van der Waals surface area (Å²) in [6.45, 7) is 9.86. The Bertz CT molecular complexity index is 436. The molecule has 0 aliphatic carbocycles. The molecule has 20 heavy (non-hydrogen) atoms. The molecule has 1 heterocycles. The quantitative estimate of drug-likeness (QED) is 0.884. The monoisotopic (exact) mass is 312 g/mol. The lowest BCUT2D eigenvalue weighted by atomic mass is 10.1. The van der Waals surface area contributed by atoms with E-state index in [4.69, 9.17) is 11.6 Å². The largest absolute Gasteiger partial charge is 0.367 e. The number of nitrogens with one attached hydrogen (secondary N) is 1. The van der Waals surface area contributed by atoms with Gasteiger partial charge in [0.2, 0.25) is 0 Å². The summed E-state index contributed by atoms with van der Waals surface area (Å²) in [5.41, 5.74) is 2.66. The van der Waals surface area contributed by atoms with Gasteiger partial charge in [0.25, 0.3) is 0 Å². The second kappa shape index (κ2) is 7.58. The first-order valence-corrected chi connectivity index (χ1v) is 8.94. The molecular formula is C16H25ClN2S. The van der Waals surface area contributed by atoms with Gasteiger partial charge in [-0.2, -0.15) is 11.8 Å². The predicted octanol–water partition coefficient (Wildman–Crippen LogP) is 4.03. The van der Waals surface area contributed by atoms with Crippen LogP contribution in [0.25, 0.3) is 0 Å². The van der Waals surface area contributed by atoms with Crippen molar-refractivity contribution < 1.29 is 0 Å². The molecule has 112 valence electrons. The van der Waals surface area contributed by atoms with Gasteiger partial charge in [0.15, 0.2) is 0 Å². The number of benzene rings is 1. The van der Waals surface area contributed by atoms with Crippen LogP contribution in [0.1, 0.15) is 26.3 Å². The van der Waals surface area contributed by atoms with E-state index in [1.54, 1.807) is 0 Å². The van der Waals surface area contributed by atoms with Crippen LogP contribution in [-0.2, 0) is 6.54 Å². The molecule has 0 radical (unpaired) electrons. The molecule has 2 rings (SSSR count). The topological polar surface area (TPSA) is 15.3 Å². The van der Waals surface area contributed by atoms with Gasteiger partial charge in [-0.15, -0.1) is 0 Å². The van der Waals surface area contributed by atoms with Crippen molar-refractivity contribution in [3.63, 3.8) is 0 Å². The lowest BCUT2D eigenvalue weighted by molar-refractivity contribution is 0.551. The van der Waals surface area contributed by atoms with E-state index >= 15 is 0 Å². The highest BCUT2D eigenvalue weighted by Crippen LogP contribution is 2.30. The van der Waals surface area contributed by atoms with Crippen molar-refractivity contribution in [2.45, 2.75) is 33.4 Å². The summed E-state index contributed by atoms with van der Waals surface area (Å²) in [6.07, 6.45) is 0. The van der Waals surface area contributed by atoms with Crippen molar-refractivity contribution in [1.29, 1.82) is 0 Å². The number of anilines is 1.